The van der Waals surface area contributed by atoms with Crippen LogP contribution in [0.3, 0.4) is 0 Å². The molecular weight excluding hydrogens is 656 g/mol. The zero-order chi connectivity index (χ0) is 31.3. The average Bonchev–Trinajstić information content (AvgIpc) is 3.48. The lowest BCUT2D eigenvalue weighted by atomic mass is 9.95. The number of thiocarbonyl (C=S) groups is 1. The van der Waals surface area contributed by atoms with Crippen molar-refractivity contribution >= 4 is 79.8 Å². The number of hydrogen-bond acceptors (Lipinski definition) is 5. The summed E-state index contributed by atoms with van der Waals surface area (Å²) in [5.41, 5.74) is 7.56. The van der Waals surface area contributed by atoms with Crippen molar-refractivity contribution < 1.29 is 14.4 Å². The minimum absolute atomic E-state index is 0.0102. The summed E-state index contributed by atoms with van der Waals surface area (Å²) >= 11 is 10.5. The predicted octanol–water partition coefficient (Wildman–Crippen LogP) is 7.50. The Bertz CT molecular complexity index is 1900. The van der Waals surface area contributed by atoms with Gasteiger partial charge in [-0.05, 0) is 125 Å². The standard InChI is InChI=1S/C34H31BrN4O3S2/c1-18-9-12-24(13-10-18)36-31(41)29-25-7-5-6-8-28(25)44-33(29)38-20(3)16-22(21(38)4)17-26-30(40)37-34(43)39(32(26)42)27-14-11-23(35)15-19(27)2/h9-17H,5-8H2,1-4H3,(H,36,41)(H,37,40,43)/b26-17+. The molecule has 1 fully saturated rings. The Hall–Kier alpha value is -3.86. The van der Waals surface area contributed by atoms with Gasteiger partial charge in [-0.3, -0.25) is 24.6 Å². The van der Waals surface area contributed by atoms with Crippen molar-refractivity contribution in [1.29, 1.82) is 0 Å². The van der Waals surface area contributed by atoms with Gasteiger partial charge >= 0.3 is 0 Å². The number of halogens is 1. The van der Waals surface area contributed by atoms with E-state index in [1.807, 2.05) is 70.2 Å². The molecule has 1 saturated heterocycles. The predicted molar refractivity (Wildman–Crippen MR) is 184 cm³/mol. The van der Waals surface area contributed by atoms with E-state index in [1.54, 1.807) is 23.5 Å². The third-order valence-electron chi connectivity index (χ3n) is 8.16. The molecule has 2 aromatic carbocycles. The van der Waals surface area contributed by atoms with Crippen molar-refractivity contribution in [3.05, 3.63) is 103 Å². The third kappa shape index (κ3) is 5.46. The highest BCUT2D eigenvalue weighted by atomic mass is 79.9. The number of nitrogens with one attached hydrogen (secondary N) is 2. The van der Waals surface area contributed by atoms with Gasteiger partial charge in [-0.2, -0.15) is 0 Å². The Kier molecular flexibility index (Phi) is 8.17. The first-order valence-corrected chi connectivity index (χ1v) is 16.4. The molecule has 0 radical (unpaired) electrons. The minimum Gasteiger partial charge on any atom is -0.322 e. The topological polar surface area (TPSA) is 83.4 Å². The van der Waals surface area contributed by atoms with Crippen LogP contribution in [0.15, 0.2) is 58.6 Å². The molecule has 0 spiro atoms. The monoisotopic (exact) mass is 686 g/mol. The Labute approximate surface area is 274 Å². The number of carbonyl (C=O) groups excluding carboxylic acids is 3. The maximum atomic E-state index is 13.9. The Balaban J connectivity index is 1.41. The molecule has 44 heavy (non-hydrogen) atoms. The van der Waals surface area contributed by atoms with Crippen molar-refractivity contribution in [3.8, 4) is 5.00 Å². The number of carbonyl (C=O) groups is 3. The van der Waals surface area contributed by atoms with E-state index >= 15 is 0 Å². The lowest BCUT2D eigenvalue weighted by Crippen LogP contribution is -2.54. The maximum Gasteiger partial charge on any atom is 0.270 e. The fourth-order valence-corrected chi connectivity index (χ4v) is 8.17. The largest absolute Gasteiger partial charge is 0.322 e. The average molecular weight is 688 g/mol. The lowest BCUT2D eigenvalue weighted by molar-refractivity contribution is -0.122. The second-order valence-corrected chi connectivity index (χ2v) is 13.6. The van der Waals surface area contributed by atoms with Gasteiger partial charge in [-0.15, -0.1) is 11.3 Å². The summed E-state index contributed by atoms with van der Waals surface area (Å²) in [6, 6.07) is 15.3. The van der Waals surface area contributed by atoms with Crippen LogP contribution in [0.4, 0.5) is 11.4 Å². The van der Waals surface area contributed by atoms with Gasteiger partial charge in [0.05, 0.1) is 11.3 Å². The quantitative estimate of drug-likeness (QED) is 0.129. The highest BCUT2D eigenvalue weighted by molar-refractivity contribution is 9.10. The number of nitrogens with zero attached hydrogens (tertiary/aromatic N) is 2. The van der Waals surface area contributed by atoms with E-state index < -0.39 is 11.8 Å². The van der Waals surface area contributed by atoms with Gasteiger partial charge in [0.25, 0.3) is 17.7 Å². The van der Waals surface area contributed by atoms with Crippen LogP contribution in [-0.2, 0) is 22.4 Å². The van der Waals surface area contributed by atoms with Gasteiger partial charge in [0, 0.05) is 26.4 Å². The number of fused-ring (bicyclic) bond motifs is 1. The third-order valence-corrected chi connectivity index (χ3v) is 10.2. The molecule has 1 aliphatic carbocycles. The van der Waals surface area contributed by atoms with Gasteiger partial charge in [0.1, 0.15) is 10.6 Å². The molecule has 224 valence electrons. The highest BCUT2D eigenvalue weighted by Crippen LogP contribution is 2.39. The fourth-order valence-electron chi connectivity index (χ4n) is 5.92. The molecule has 0 saturated carbocycles. The van der Waals surface area contributed by atoms with Crippen LogP contribution in [0, 0.1) is 27.7 Å². The number of rotatable bonds is 5. The first-order valence-electron chi connectivity index (χ1n) is 14.4. The van der Waals surface area contributed by atoms with E-state index in [2.05, 4.69) is 31.1 Å². The van der Waals surface area contributed by atoms with E-state index in [-0.39, 0.29) is 16.6 Å². The van der Waals surface area contributed by atoms with Crippen LogP contribution >= 0.6 is 39.5 Å². The minimum atomic E-state index is -0.541. The van der Waals surface area contributed by atoms with Crippen molar-refractivity contribution in [2.75, 3.05) is 10.2 Å². The first kappa shape index (κ1) is 30.2. The number of amides is 3. The molecule has 2 N–H and O–H groups in total. The summed E-state index contributed by atoms with van der Waals surface area (Å²) in [6.07, 6.45) is 5.57. The molecule has 0 bridgehead atoms. The van der Waals surface area contributed by atoms with Crippen molar-refractivity contribution in [3.63, 3.8) is 0 Å². The van der Waals surface area contributed by atoms with Gasteiger partial charge in [-0.25, -0.2) is 0 Å². The van der Waals surface area contributed by atoms with Crippen LogP contribution in [0.5, 0.6) is 0 Å². The Morgan fingerprint density at radius 3 is 2.48 bits per heavy atom. The number of hydrogen-bond donors (Lipinski definition) is 2. The second-order valence-electron chi connectivity index (χ2n) is 11.3. The lowest BCUT2D eigenvalue weighted by Gasteiger charge is -2.30. The van der Waals surface area contributed by atoms with Crippen LogP contribution in [0.2, 0.25) is 0 Å². The number of aryl methyl sites for hydroxylation is 4. The van der Waals surface area contributed by atoms with Crippen LogP contribution in [-0.4, -0.2) is 27.4 Å². The van der Waals surface area contributed by atoms with E-state index in [0.29, 0.717) is 11.3 Å². The van der Waals surface area contributed by atoms with Crippen molar-refractivity contribution in [2.45, 2.75) is 53.4 Å². The van der Waals surface area contributed by atoms with Crippen LogP contribution in [0.25, 0.3) is 11.1 Å². The molecule has 2 aliphatic rings. The zero-order valence-electron chi connectivity index (χ0n) is 24.8. The van der Waals surface area contributed by atoms with Crippen molar-refractivity contribution in [1.82, 2.24) is 9.88 Å². The normalized spacial score (nSPS) is 15.9. The number of benzene rings is 2. The summed E-state index contributed by atoms with van der Waals surface area (Å²) < 4.78 is 2.95. The van der Waals surface area contributed by atoms with E-state index in [9.17, 15) is 14.4 Å². The fraction of sp³-hybridized carbons (Fsp3) is 0.235. The van der Waals surface area contributed by atoms with E-state index in [4.69, 9.17) is 12.2 Å². The second kappa shape index (κ2) is 11.9. The SMILES string of the molecule is Cc1ccc(NC(=O)c2c(-n3c(C)cc(/C=C4\C(=O)NC(=S)N(c5ccc(Br)cc5C)C4=O)c3C)sc3c2CCCC3)cc1. The summed E-state index contributed by atoms with van der Waals surface area (Å²) in [6.45, 7) is 7.83. The van der Waals surface area contributed by atoms with E-state index in [1.165, 1.54) is 9.78 Å². The zero-order valence-corrected chi connectivity index (χ0v) is 28.1. The molecule has 1 aliphatic heterocycles. The van der Waals surface area contributed by atoms with Crippen LogP contribution in [0.1, 0.15) is 61.7 Å². The molecule has 3 amide bonds. The molecule has 3 heterocycles. The molecule has 4 aromatic rings. The van der Waals surface area contributed by atoms with E-state index in [0.717, 1.165) is 74.5 Å². The first-order chi connectivity index (χ1) is 21.0. The molecule has 10 heteroatoms. The molecule has 2 aromatic heterocycles. The van der Waals surface area contributed by atoms with Gasteiger partial charge < -0.3 is 9.88 Å². The number of anilines is 2. The number of aromatic nitrogens is 1. The molecule has 7 nitrogen and oxygen atoms in total. The van der Waals surface area contributed by atoms with Crippen molar-refractivity contribution in [2.24, 2.45) is 0 Å². The summed E-state index contributed by atoms with van der Waals surface area (Å²) in [5.74, 6) is -1.16. The van der Waals surface area contributed by atoms with Gasteiger partial charge in [-0.1, -0.05) is 33.6 Å². The number of thiophene rings is 1. The summed E-state index contributed by atoms with van der Waals surface area (Å²) in [5, 5.41) is 6.70. The highest BCUT2D eigenvalue weighted by Gasteiger charge is 2.36. The van der Waals surface area contributed by atoms with Crippen LogP contribution < -0.4 is 15.5 Å². The molecular formula is C34H31BrN4O3S2. The van der Waals surface area contributed by atoms with Gasteiger partial charge in [0.2, 0.25) is 0 Å². The Morgan fingerprint density at radius 1 is 1.02 bits per heavy atom. The Morgan fingerprint density at radius 2 is 1.75 bits per heavy atom. The molecule has 0 atom stereocenters. The smallest absolute Gasteiger partial charge is 0.270 e. The molecule has 0 unspecified atom stereocenters. The maximum absolute atomic E-state index is 13.9. The summed E-state index contributed by atoms with van der Waals surface area (Å²) in [4.78, 5) is 43.3. The molecule has 6 rings (SSSR count). The summed E-state index contributed by atoms with van der Waals surface area (Å²) in [7, 11) is 0. The van der Waals surface area contributed by atoms with Gasteiger partial charge in [0.15, 0.2) is 5.11 Å².